The summed E-state index contributed by atoms with van der Waals surface area (Å²) in [5, 5.41) is 20.7. The van der Waals surface area contributed by atoms with Gasteiger partial charge >= 0.3 is 6.18 Å². The summed E-state index contributed by atoms with van der Waals surface area (Å²) in [6, 6.07) is 6.00. The second kappa shape index (κ2) is 5.97. The minimum absolute atomic E-state index is 0.0178. The van der Waals surface area contributed by atoms with Gasteiger partial charge in [0.15, 0.2) is 0 Å². The second-order valence-electron chi connectivity index (χ2n) is 4.00. The molecular weight excluding hydrogens is 297 g/mol. The molecule has 9 heteroatoms. The van der Waals surface area contributed by atoms with E-state index < -0.39 is 17.5 Å². The molecule has 0 atom stereocenters. The third-order valence-corrected chi connectivity index (χ3v) is 2.61. The van der Waals surface area contributed by atoms with E-state index in [-0.39, 0.29) is 5.69 Å². The highest BCUT2D eigenvalue weighted by Gasteiger charge is 2.31. The smallest absolute Gasteiger partial charge is 0.304 e. The van der Waals surface area contributed by atoms with Crippen molar-refractivity contribution in [3.63, 3.8) is 0 Å². The summed E-state index contributed by atoms with van der Waals surface area (Å²) in [6.07, 6.45) is -0.137. The third-order valence-electron chi connectivity index (χ3n) is 2.61. The Morgan fingerprint density at radius 2 is 2.00 bits per heavy atom. The molecule has 0 radical (unpaired) electrons. The lowest BCUT2D eigenvalue weighted by atomic mass is 10.1. The Labute approximate surface area is 122 Å². The van der Waals surface area contributed by atoms with Crippen molar-refractivity contribution in [1.82, 2.24) is 9.55 Å². The van der Waals surface area contributed by atoms with Crippen LogP contribution in [0.2, 0.25) is 0 Å². The molecule has 6 nitrogen and oxygen atoms in total. The van der Waals surface area contributed by atoms with E-state index in [4.69, 9.17) is 10.5 Å². The van der Waals surface area contributed by atoms with Gasteiger partial charge in [0.25, 0.3) is 0 Å². The molecule has 0 aliphatic heterocycles. The SMILES string of the molecule is N#CC(C#N)=NNc1cc(C(F)(F)F)ccc1-n1ccnc1. The van der Waals surface area contributed by atoms with Crippen LogP contribution < -0.4 is 5.43 Å². The molecule has 0 aliphatic rings. The Morgan fingerprint density at radius 3 is 2.55 bits per heavy atom. The largest absolute Gasteiger partial charge is 0.416 e. The monoisotopic (exact) mass is 304 g/mol. The van der Waals surface area contributed by atoms with Crippen LogP contribution in [0.1, 0.15) is 5.56 Å². The van der Waals surface area contributed by atoms with Crippen molar-refractivity contribution >= 4 is 11.4 Å². The van der Waals surface area contributed by atoms with Gasteiger partial charge in [0, 0.05) is 12.4 Å². The lowest BCUT2D eigenvalue weighted by Gasteiger charge is -2.13. The van der Waals surface area contributed by atoms with Crippen LogP contribution in [0.5, 0.6) is 0 Å². The molecule has 1 N–H and O–H groups in total. The summed E-state index contributed by atoms with van der Waals surface area (Å²) in [6.45, 7) is 0. The van der Waals surface area contributed by atoms with Crippen LogP contribution in [0.3, 0.4) is 0 Å². The zero-order chi connectivity index (χ0) is 16.2. The molecule has 22 heavy (non-hydrogen) atoms. The van der Waals surface area contributed by atoms with E-state index in [1.807, 2.05) is 0 Å². The predicted molar refractivity (Wildman–Crippen MR) is 70.8 cm³/mol. The van der Waals surface area contributed by atoms with Gasteiger partial charge in [0.2, 0.25) is 5.71 Å². The number of imidazole rings is 1. The normalized spacial score (nSPS) is 10.4. The molecule has 1 heterocycles. The minimum atomic E-state index is -4.53. The number of hydrazone groups is 1. The number of nitriles is 2. The predicted octanol–water partition coefficient (Wildman–Crippen LogP) is 2.71. The first-order valence-electron chi connectivity index (χ1n) is 5.79. The summed E-state index contributed by atoms with van der Waals surface area (Å²) in [5.74, 6) is 0. The molecule has 0 saturated carbocycles. The van der Waals surface area contributed by atoms with Gasteiger partial charge in [-0.05, 0) is 18.2 Å². The molecule has 0 amide bonds. The van der Waals surface area contributed by atoms with Gasteiger partial charge in [-0.1, -0.05) is 0 Å². The van der Waals surface area contributed by atoms with Gasteiger partial charge in [-0.15, -0.1) is 0 Å². The summed E-state index contributed by atoms with van der Waals surface area (Å²) in [4.78, 5) is 3.81. The molecule has 0 saturated heterocycles. The Bertz CT molecular complexity index is 762. The lowest BCUT2D eigenvalue weighted by Crippen LogP contribution is -2.08. The maximum Gasteiger partial charge on any atom is 0.416 e. The van der Waals surface area contributed by atoms with Crippen molar-refractivity contribution in [1.29, 1.82) is 10.5 Å². The Hall–Kier alpha value is -3.33. The molecule has 2 rings (SSSR count). The van der Waals surface area contributed by atoms with E-state index in [9.17, 15) is 13.2 Å². The van der Waals surface area contributed by atoms with Gasteiger partial charge < -0.3 is 4.57 Å². The van der Waals surface area contributed by atoms with E-state index in [1.165, 1.54) is 41.5 Å². The van der Waals surface area contributed by atoms with Crippen LogP contribution >= 0.6 is 0 Å². The summed E-state index contributed by atoms with van der Waals surface area (Å²) in [7, 11) is 0. The van der Waals surface area contributed by atoms with Crippen molar-refractivity contribution < 1.29 is 13.2 Å². The topological polar surface area (TPSA) is 89.8 Å². The first-order chi connectivity index (χ1) is 10.5. The fraction of sp³-hybridized carbons (Fsp3) is 0.0769. The standard InChI is InChI=1S/C13H7F3N6/c14-13(15,16)9-1-2-12(22-4-3-19-8-22)11(5-9)21-20-10(6-17)7-18/h1-5,8,21H. The quantitative estimate of drug-likeness (QED) is 0.697. The van der Waals surface area contributed by atoms with E-state index in [0.717, 1.165) is 12.1 Å². The average Bonchev–Trinajstić information content (AvgIpc) is 3.01. The van der Waals surface area contributed by atoms with Crippen LogP contribution in [-0.2, 0) is 6.18 Å². The van der Waals surface area contributed by atoms with Crippen molar-refractivity contribution in [2.24, 2.45) is 5.10 Å². The van der Waals surface area contributed by atoms with Gasteiger partial charge in [-0.2, -0.15) is 28.8 Å². The van der Waals surface area contributed by atoms with Gasteiger partial charge in [-0.25, -0.2) is 4.98 Å². The molecule has 0 bridgehead atoms. The van der Waals surface area contributed by atoms with E-state index in [0.29, 0.717) is 5.69 Å². The minimum Gasteiger partial charge on any atom is -0.304 e. The summed E-state index contributed by atoms with van der Waals surface area (Å²) in [5.41, 5.74) is 1.24. The molecule has 2 aromatic rings. The maximum atomic E-state index is 12.8. The van der Waals surface area contributed by atoms with Crippen LogP contribution in [-0.4, -0.2) is 15.3 Å². The fourth-order valence-electron chi connectivity index (χ4n) is 1.62. The Morgan fingerprint density at radius 1 is 1.27 bits per heavy atom. The van der Waals surface area contributed by atoms with Crippen LogP contribution in [0.4, 0.5) is 18.9 Å². The van der Waals surface area contributed by atoms with Gasteiger partial charge in [0.1, 0.15) is 12.1 Å². The molecule has 0 aliphatic carbocycles. The Balaban J connectivity index is 2.50. The van der Waals surface area contributed by atoms with Crippen LogP contribution in [0.15, 0.2) is 42.0 Å². The van der Waals surface area contributed by atoms with Gasteiger partial charge in [0.05, 0.1) is 23.3 Å². The van der Waals surface area contributed by atoms with Crippen molar-refractivity contribution in [2.45, 2.75) is 6.18 Å². The third kappa shape index (κ3) is 3.22. The number of hydrogen-bond acceptors (Lipinski definition) is 5. The number of nitrogens with one attached hydrogen (secondary N) is 1. The number of nitrogens with zero attached hydrogens (tertiary/aromatic N) is 5. The van der Waals surface area contributed by atoms with Crippen molar-refractivity contribution in [3.8, 4) is 17.8 Å². The zero-order valence-electron chi connectivity index (χ0n) is 10.8. The number of rotatable bonds is 3. The summed E-state index contributed by atoms with van der Waals surface area (Å²) < 4.78 is 39.8. The summed E-state index contributed by atoms with van der Waals surface area (Å²) >= 11 is 0. The molecule has 110 valence electrons. The number of benzene rings is 1. The van der Waals surface area contributed by atoms with E-state index in [2.05, 4.69) is 15.5 Å². The Kier molecular flexibility index (Phi) is 4.09. The van der Waals surface area contributed by atoms with Gasteiger partial charge in [-0.3, -0.25) is 5.43 Å². The van der Waals surface area contributed by atoms with E-state index >= 15 is 0 Å². The molecular formula is C13H7F3N6. The zero-order valence-corrected chi connectivity index (χ0v) is 10.8. The highest BCUT2D eigenvalue weighted by Crippen LogP contribution is 2.33. The fourth-order valence-corrected chi connectivity index (χ4v) is 1.62. The van der Waals surface area contributed by atoms with Crippen molar-refractivity contribution in [2.75, 3.05) is 5.43 Å². The van der Waals surface area contributed by atoms with Crippen LogP contribution in [0.25, 0.3) is 5.69 Å². The molecule has 0 fully saturated rings. The average molecular weight is 304 g/mol. The highest BCUT2D eigenvalue weighted by atomic mass is 19.4. The number of halogens is 3. The van der Waals surface area contributed by atoms with Crippen LogP contribution in [0, 0.1) is 22.7 Å². The first kappa shape index (κ1) is 15.1. The van der Waals surface area contributed by atoms with Crippen molar-refractivity contribution in [3.05, 3.63) is 42.5 Å². The number of hydrogen-bond donors (Lipinski definition) is 1. The maximum absolute atomic E-state index is 12.8. The second-order valence-corrected chi connectivity index (χ2v) is 4.00. The molecule has 0 unspecified atom stereocenters. The molecule has 0 spiro atoms. The first-order valence-corrected chi connectivity index (χ1v) is 5.79. The molecule has 1 aromatic carbocycles. The number of alkyl halides is 3. The van der Waals surface area contributed by atoms with E-state index in [1.54, 1.807) is 0 Å². The number of aromatic nitrogens is 2. The molecule has 1 aromatic heterocycles. The number of anilines is 1. The highest BCUT2D eigenvalue weighted by molar-refractivity contribution is 6.10. The lowest BCUT2D eigenvalue weighted by molar-refractivity contribution is -0.137.